The van der Waals surface area contributed by atoms with Gasteiger partial charge in [-0.3, -0.25) is 4.79 Å². The monoisotopic (exact) mass is 246 g/mol. The van der Waals surface area contributed by atoms with Gasteiger partial charge in [0.1, 0.15) is 11.6 Å². The molecule has 0 bridgehead atoms. The lowest BCUT2D eigenvalue weighted by Crippen LogP contribution is -2.05. The van der Waals surface area contributed by atoms with Crippen LogP contribution in [-0.4, -0.2) is 21.0 Å². The Morgan fingerprint density at radius 3 is 2.78 bits per heavy atom. The molecule has 1 aromatic heterocycles. The van der Waals surface area contributed by atoms with Gasteiger partial charge in [0.2, 0.25) is 0 Å². The van der Waals surface area contributed by atoms with E-state index in [1.807, 2.05) is 0 Å². The first-order valence-corrected chi connectivity index (χ1v) is 5.37. The van der Waals surface area contributed by atoms with E-state index in [2.05, 4.69) is 9.97 Å². The highest BCUT2D eigenvalue weighted by Gasteiger charge is 2.08. The molecule has 92 valence electrons. The van der Waals surface area contributed by atoms with E-state index in [9.17, 15) is 9.18 Å². The van der Waals surface area contributed by atoms with E-state index in [0.29, 0.717) is 22.8 Å². The Bertz CT molecular complexity index is 599. The average Bonchev–Trinajstić information content (AvgIpc) is 2.27. The van der Waals surface area contributed by atoms with E-state index in [4.69, 9.17) is 5.11 Å². The summed E-state index contributed by atoms with van der Waals surface area (Å²) < 4.78 is 13.1. The Hall–Kier alpha value is -2.30. The lowest BCUT2D eigenvalue weighted by Gasteiger charge is -2.05. The van der Waals surface area contributed by atoms with Crippen LogP contribution in [0.25, 0.3) is 11.3 Å². The number of halogens is 1. The van der Waals surface area contributed by atoms with Crippen LogP contribution in [0.4, 0.5) is 4.39 Å². The van der Waals surface area contributed by atoms with Crippen molar-refractivity contribution in [3.05, 3.63) is 47.7 Å². The van der Waals surface area contributed by atoms with Crippen LogP contribution in [0.3, 0.4) is 0 Å². The number of aromatic nitrogens is 2. The molecule has 0 fully saturated rings. The van der Waals surface area contributed by atoms with Crippen molar-refractivity contribution in [3.8, 4) is 11.3 Å². The van der Waals surface area contributed by atoms with Crippen LogP contribution in [-0.2, 0) is 11.2 Å². The first-order chi connectivity index (χ1) is 8.54. The Morgan fingerprint density at radius 1 is 1.33 bits per heavy atom. The molecular formula is C13H11FN2O2. The summed E-state index contributed by atoms with van der Waals surface area (Å²) in [5, 5.41) is 8.74. The molecule has 0 radical (unpaired) electrons. The summed E-state index contributed by atoms with van der Waals surface area (Å²) in [6.45, 7) is 1.67. The van der Waals surface area contributed by atoms with Crippen LogP contribution in [0.1, 0.15) is 11.5 Å². The van der Waals surface area contributed by atoms with Crippen molar-refractivity contribution in [1.82, 2.24) is 9.97 Å². The molecule has 0 saturated heterocycles. The van der Waals surface area contributed by atoms with Gasteiger partial charge in [0, 0.05) is 5.56 Å². The number of hydrogen-bond acceptors (Lipinski definition) is 3. The molecule has 0 atom stereocenters. The summed E-state index contributed by atoms with van der Waals surface area (Å²) in [5.74, 6) is -0.852. The maximum absolute atomic E-state index is 13.1. The predicted molar refractivity (Wildman–Crippen MR) is 63.5 cm³/mol. The second-order valence-corrected chi connectivity index (χ2v) is 3.87. The van der Waals surface area contributed by atoms with Crippen LogP contribution in [0.5, 0.6) is 0 Å². The molecule has 5 heteroatoms. The molecule has 2 rings (SSSR count). The molecule has 0 amide bonds. The smallest absolute Gasteiger partial charge is 0.309 e. The third-order valence-electron chi connectivity index (χ3n) is 2.34. The van der Waals surface area contributed by atoms with Crippen molar-refractivity contribution < 1.29 is 14.3 Å². The normalized spacial score (nSPS) is 10.3. The predicted octanol–water partition coefficient (Wildman–Crippen LogP) is 2.22. The molecule has 0 aliphatic heterocycles. The van der Waals surface area contributed by atoms with Crippen molar-refractivity contribution in [1.29, 1.82) is 0 Å². The fraction of sp³-hybridized carbons (Fsp3) is 0.154. The minimum absolute atomic E-state index is 0.175. The number of hydrogen-bond donors (Lipinski definition) is 1. The van der Waals surface area contributed by atoms with Crippen LogP contribution < -0.4 is 0 Å². The van der Waals surface area contributed by atoms with Crippen molar-refractivity contribution in [2.24, 2.45) is 0 Å². The minimum atomic E-state index is -0.960. The molecule has 2 aromatic rings. The fourth-order valence-corrected chi connectivity index (χ4v) is 1.67. The zero-order valence-corrected chi connectivity index (χ0v) is 9.72. The van der Waals surface area contributed by atoms with Gasteiger partial charge in [-0.05, 0) is 25.1 Å². The van der Waals surface area contributed by atoms with Crippen molar-refractivity contribution in [2.75, 3.05) is 0 Å². The minimum Gasteiger partial charge on any atom is -0.481 e. The number of nitrogens with zero attached hydrogens (tertiary/aromatic N) is 2. The molecule has 18 heavy (non-hydrogen) atoms. The molecule has 4 nitrogen and oxygen atoms in total. The number of carbonyl (C=O) groups is 1. The van der Waals surface area contributed by atoms with Crippen molar-refractivity contribution in [3.63, 3.8) is 0 Å². The van der Waals surface area contributed by atoms with Crippen LogP contribution >= 0.6 is 0 Å². The first-order valence-electron chi connectivity index (χ1n) is 5.37. The number of aliphatic carboxylic acids is 1. The number of aryl methyl sites for hydroxylation is 1. The van der Waals surface area contributed by atoms with Gasteiger partial charge in [0.25, 0.3) is 0 Å². The van der Waals surface area contributed by atoms with Gasteiger partial charge in [-0.25, -0.2) is 14.4 Å². The Morgan fingerprint density at radius 2 is 2.11 bits per heavy atom. The Balaban J connectivity index is 2.44. The Labute approximate surface area is 103 Å². The zero-order chi connectivity index (χ0) is 13.1. The number of benzene rings is 1. The lowest BCUT2D eigenvalue weighted by molar-refractivity contribution is -0.136. The maximum atomic E-state index is 13.1. The number of rotatable bonds is 3. The summed E-state index contributed by atoms with van der Waals surface area (Å²) in [7, 11) is 0. The molecule has 1 N–H and O–H groups in total. The molecule has 0 aliphatic carbocycles. The van der Waals surface area contributed by atoms with E-state index < -0.39 is 5.97 Å². The molecular weight excluding hydrogens is 235 g/mol. The van der Waals surface area contributed by atoms with Gasteiger partial charge in [0.05, 0.1) is 17.8 Å². The van der Waals surface area contributed by atoms with E-state index in [0.717, 1.165) is 0 Å². The van der Waals surface area contributed by atoms with Crippen LogP contribution in [0, 0.1) is 12.7 Å². The summed E-state index contributed by atoms with van der Waals surface area (Å²) in [6, 6.07) is 7.56. The fourth-order valence-electron chi connectivity index (χ4n) is 1.67. The molecule has 0 aliphatic rings. The third kappa shape index (κ3) is 2.88. The van der Waals surface area contributed by atoms with Crippen molar-refractivity contribution in [2.45, 2.75) is 13.3 Å². The number of carboxylic acids is 1. The molecule has 1 heterocycles. The molecule has 1 aromatic carbocycles. The van der Waals surface area contributed by atoms with E-state index in [1.54, 1.807) is 25.1 Å². The topological polar surface area (TPSA) is 63.1 Å². The molecule has 0 spiro atoms. The summed E-state index contributed by atoms with van der Waals surface area (Å²) in [6.07, 6.45) is -0.175. The van der Waals surface area contributed by atoms with E-state index in [1.165, 1.54) is 12.1 Å². The zero-order valence-electron chi connectivity index (χ0n) is 9.72. The van der Waals surface area contributed by atoms with Gasteiger partial charge in [0.15, 0.2) is 0 Å². The van der Waals surface area contributed by atoms with Gasteiger partial charge < -0.3 is 5.11 Å². The van der Waals surface area contributed by atoms with Crippen LogP contribution in [0.15, 0.2) is 30.3 Å². The van der Waals surface area contributed by atoms with Gasteiger partial charge in [-0.2, -0.15) is 0 Å². The van der Waals surface area contributed by atoms with Gasteiger partial charge in [-0.1, -0.05) is 12.1 Å². The summed E-state index contributed by atoms with van der Waals surface area (Å²) >= 11 is 0. The summed E-state index contributed by atoms with van der Waals surface area (Å²) in [4.78, 5) is 18.9. The highest BCUT2D eigenvalue weighted by Crippen LogP contribution is 2.19. The van der Waals surface area contributed by atoms with Gasteiger partial charge >= 0.3 is 5.97 Å². The van der Waals surface area contributed by atoms with Crippen molar-refractivity contribution >= 4 is 5.97 Å². The lowest BCUT2D eigenvalue weighted by atomic mass is 10.1. The third-order valence-corrected chi connectivity index (χ3v) is 2.34. The SMILES string of the molecule is Cc1nc(CC(=O)O)cc(-c2cccc(F)c2)n1. The largest absolute Gasteiger partial charge is 0.481 e. The average molecular weight is 246 g/mol. The van der Waals surface area contributed by atoms with E-state index >= 15 is 0 Å². The van der Waals surface area contributed by atoms with Crippen LogP contribution in [0.2, 0.25) is 0 Å². The first kappa shape index (κ1) is 12.2. The number of carboxylic acid groups (broad SMARTS) is 1. The highest BCUT2D eigenvalue weighted by molar-refractivity contribution is 5.70. The standard InChI is InChI=1S/C13H11FN2O2/c1-8-15-11(7-13(17)18)6-12(16-8)9-3-2-4-10(14)5-9/h2-6H,7H2,1H3,(H,17,18). The summed E-state index contributed by atoms with van der Waals surface area (Å²) in [5.41, 5.74) is 1.54. The van der Waals surface area contributed by atoms with Gasteiger partial charge in [-0.15, -0.1) is 0 Å². The Kier molecular flexibility index (Phi) is 3.32. The highest BCUT2D eigenvalue weighted by atomic mass is 19.1. The second-order valence-electron chi connectivity index (χ2n) is 3.87. The second kappa shape index (κ2) is 4.91. The maximum Gasteiger partial charge on any atom is 0.309 e. The quantitative estimate of drug-likeness (QED) is 0.901. The molecule has 0 saturated carbocycles. The molecule has 0 unspecified atom stereocenters. The van der Waals surface area contributed by atoms with E-state index in [-0.39, 0.29) is 12.2 Å².